The van der Waals surface area contributed by atoms with Gasteiger partial charge in [-0.1, -0.05) is 189 Å². The lowest BCUT2D eigenvalue weighted by molar-refractivity contribution is 0.619. The number of benzene rings is 14. The normalized spacial score (nSPS) is 13.2. The number of hydrogen-bond donors (Lipinski definition) is 1. The second-order valence-corrected chi connectivity index (χ2v) is 29.2. The molecule has 10 nitrogen and oxygen atoms in total. The van der Waals surface area contributed by atoms with Gasteiger partial charge in [0, 0.05) is 75.8 Å². The third-order valence-electron chi connectivity index (χ3n) is 21.3. The first-order valence-corrected chi connectivity index (χ1v) is 36.1. The largest absolute Gasteiger partial charge is 0.436 e. The summed E-state index contributed by atoms with van der Waals surface area (Å²) in [5, 5.41) is 4.40. The monoisotopic (exact) mass is 1420 g/mol. The number of aromatic nitrogens is 6. The summed E-state index contributed by atoms with van der Waals surface area (Å²) in [6.45, 7) is 9.28. The Balaban J connectivity index is 0.000000116. The smallest absolute Gasteiger partial charge is 0.227 e. The molecule has 0 radical (unpaired) electrons. The van der Waals surface area contributed by atoms with Crippen molar-refractivity contribution in [1.82, 2.24) is 29.5 Å². The molecule has 20 aromatic rings. The van der Waals surface area contributed by atoms with Gasteiger partial charge in [-0.25, -0.2) is 19.9 Å². The second kappa shape index (κ2) is 24.1. The molecule has 1 N–H and O–H groups in total. The van der Waals surface area contributed by atoms with Gasteiger partial charge in [-0.3, -0.25) is 0 Å². The summed E-state index contributed by atoms with van der Waals surface area (Å²) in [6, 6.07) is 106. The van der Waals surface area contributed by atoms with Crippen molar-refractivity contribution in [3.63, 3.8) is 0 Å². The van der Waals surface area contributed by atoms with Crippen LogP contribution in [0.4, 0.5) is 0 Å². The van der Waals surface area contributed by atoms with E-state index in [0.29, 0.717) is 23.6 Å². The van der Waals surface area contributed by atoms with Crippen molar-refractivity contribution in [3.8, 4) is 96.0 Å². The summed E-state index contributed by atoms with van der Waals surface area (Å²) in [7, 11) is 0. The van der Waals surface area contributed by atoms with Crippen molar-refractivity contribution in [3.05, 3.63) is 330 Å². The minimum atomic E-state index is -0.00841. The summed E-state index contributed by atoms with van der Waals surface area (Å²) in [5.74, 6) is 2.44. The zero-order chi connectivity index (χ0) is 70.2. The molecule has 2 aliphatic carbocycles. The van der Waals surface area contributed by atoms with Crippen LogP contribution in [0, 0.1) is 0 Å². The molecule has 11 heteroatoms. The zero-order valence-electron chi connectivity index (χ0n) is 57.6. The van der Waals surface area contributed by atoms with E-state index in [1.165, 1.54) is 66.8 Å². The molecule has 0 fully saturated rings. The number of fused-ring (bicyclic) bond motifs is 16. The fourth-order valence-corrected chi connectivity index (χ4v) is 16.2. The first-order valence-electron chi connectivity index (χ1n) is 35.3. The summed E-state index contributed by atoms with van der Waals surface area (Å²) in [5.41, 5.74) is 31.7. The molecule has 105 heavy (non-hydrogen) atoms. The van der Waals surface area contributed by atoms with Gasteiger partial charge in [0.25, 0.3) is 0 Å². The highest BCUT2D eigenvalue weighted by atomic mass is 79.9. The van der Waals surface area contributed by atoms with E-state index < -0.39 is 0 Å². The lowest BCUT2D eigenvalue weighted by atomic mass is 9.82. The summed E-state index contributed by atoms with van der Waals surface area (Å²) in [4.78, 5) is 22.4. The van der Waals surface area contributed by atoms with E-state index in [4.69, 9.17) is 27.6 Å². The van der Waals surface area contributed by atoms with E-state index in [-0.39, 0.29) is 10.8 Å². The van der Waals surface area contributed by atoms with Crippen LogP contribution in [-0.4, -0.2) is 29.5 Å². The minimum absolute atomic E-state index is 0.00841. The number of halogens is 1. The lowest BCUT2D eigenvalue weighted by Gasteiger charge is -2.21. The number of nitrogens with one attached hydrogen (secondary N) is 1. The third-order valence-corrected chi connectivity index (χ3v) is 21.9. The van der Waals surface area contributed by atoms with Crippen LogP contribution in [0.2, 0.25) is 0 Å². The maximum atomic E-state index is 6.20. The van der Waals surface area contributed by atoms with E-state index in [9.17, 15) is 0 Å². The molecule has 500 valence electrons. The first kappa shape index (κ1) is 61.9. The topological polar surface area (TPSA) is 125 Å². The van der Waals surface area contributed by atoms with Crippen LogP contribution in [0.3, 0.4) is 0 Å². The van der Waals surface area contributed by atoms with Crippen LogP contribution in [0.15, 0.2) is 325 Å². The summed E-state index contributed by atoms with van der Waals surface area (Å²) >= 11 is 3.50. The molecule has 0 atom stereocenters. The van der Waals surface area contributed by atoms with Crippen LogP contribution in [0.1, 0.15) is 49.9 Å². The van der Waals surface area contributed by atoms with E-state index in [2.05, 4.69) is 257 Å². The Morgan fingerprint density at radius 2 is 0.600 bits per heavy atom. The molecular formula is C94H63BrN6O4. The average molecular weight is 1420 g/mol. The van der Waals surface area contributed by atoms with Crippen LogP contribution < -0.4 is 0 Å². The molecular weight excluding hydrogens is 1360 g/mol. The molecule has 22 rings (SSSR count). The quantitative estimate of drug-likeness (QED) is 0.167. The van der Waals surface area contributed by atoms with Crippen molar-refractivity contribution >= 4 is 104 Å². The van der Waals surface area contributed by atoms with Gasteiger partial charge >= 0.3 is 0 Å². The molecule has 14 aromatic carbocycles. The Morgan fingerprint density at radius 3 is 0.990 bits per heavy atom. The summed E-state index contributed by atoms with van der Waals surface area (Å²) < 4.78 is 27.8. The van der Waals surface area contributed by atoms with Gasteiger partial charge in [0.05, 0.1) is 11.0 Å². The third kappa shape index (κ3) is 10.4. The van der Waals surface area contributed by atoms with Gasteiger partial charge in [-0.05, 0) is 224 Å². The molecule has 6 aromatic heterocycles. The molecule has 6 heterocycles. The van der Waals surface area contributed by atoms with Crippen molar-refractivity contribution in [2.45, 2.75) is 38.5 Å². The predicted octanol–water partition coefficient (Wildman–Crippen LogP) is 25.7. The van der Waals surface area contributed by atoms with Crippen LogP contribution in [0.25, 0.3) is 184 Å². The second-order valence-electron chi connectivity index (χ2n) is 28.3. The van der Waals surface area contributed by atoms with Crippen molar-refractivity contribution in [2.24, 2.45) is 0 Å². The van der Waals surface area contributed by atoms with Crippen molar-refractivity contribution < 1.29 is 17.7 Å². The van der Waals surface area contributed by atoms with Gasteiger partial charge < -0.3 is 27.2 Å². The SMILES string of the molecule is CC1(C)c2ccccc2-c2cc(-c3ccc(-n4c5ccc(-c6nc7ccccc7o6)cc5c5cc(-c6nc7ccccc7o6)ccc54)cc3)ccc21.CC1(C)c2ccccc2-c2cc(-c3ccc(Br)cc3)ccc21.c1ccc2oc(-c3ccc4[nH]c5ccc(-c6nc7ccccc7o6)cc5c4c3)nc2c1. The average Bonchev–Trinajstić information content (AvgIpc) is 1.60. The van der Waals surface area contributed by atoms with Crippen LogP contribution in [0.5, 0.6) is 0 Å². The van der Waals surface area contributed by atoms with Gasteiger partial charge in [0.2, 0.25) is 23.6 Å². The number of nitrogens with zero attached hydrogens (tertiary/aromatic N) is 5. The van der Waals surface area contributed by atoms with Crippen LogP contribution in [-0.2, 0) is 10.8 Å². The lowest BCUT2D eigenvalue weighted by Crippen LogP contribution is -2.14. The van der Waals surface area contributed by atoms with E-state index in [1.807, 2.05) is 109 Å². The molecule has 0 spiro atoms. The van der Waals surface area contributed by atoms with Gasteiger partial charge in [-0.2, -0.15) is 0 Å². The van der Waals surface area contributed by atoms with Gasteiger partial charge in [-0.15, -0.1) is 0 Å². The van der Waals surface area contributed by atoms with E-state index >= 15 is 0 Å². The maximum absolute atomic E-state index is 6.20. The highest BCUT2D eigenvalue weighted by Gasteiger charge is 2.37. The standard InChI is InChI=1S/C47H31N3O2.C26H15N3O2.C21H17Br/c1-47(2)37-10-4-3-9-33(37)34-25-29(17-22-38(34)47)28-15-20-32(21-16-28)50-41-23-18-30(45-48-39-11-5-7-13-43(39)51-45)26-35(41)36-27-31(19-24-42(36)50)46-49-40-12-6-8-14-44(40)52-46;1-3-7-23-21(5-1)28-25(30-23)15-9-11-19-17(13-15)18-14-16(10-12-20(18)27-19)26-29-22-6-2-4-8-24(22)31-26;1-21(2)19-6-4-3-5-17(19)18-13-15(9-12-20(18)21)14-7-10-16(22)11-8-14/h3-27H,1-2H3;1-14,27H;3-13H,1-2H3. The molecule has 0 aliphatic heterocycles. The minimum Gasteiger partial charge on any atom is -0.436 e. The number of oxazole rings is 4. The van der Waals surface area contributed by atoms with E-state index in [1.54, 1.807) is 0 Å². The Labute approximate surface area is 611 Å². The Kier molecular flexibility index (Phi) is 14.2. The first-order chi connectivity index (χ1) is 51.4. The Bertz CT molecular complexity index is 6490. The Morgan fingerprint density at radius 1 is 0.286 bits per heavy atom. The highest BCUT2D eigenvalue weighted by molar-refractivity contribution is 9.10. The molecule has 2 aliphatic rings. The molecule has 0 amide bonds. The van der Waals surface area contributed by atoms with E-state index in [0.717, 1.165) is 120 Å². The number of aromatic amines is 1. The molecule has 0 unspecified atom stereocenters. The molecule has 0 saturated carbocycles. The van der Waals surface area contributed by atoms with Gasteiger partial charge in [0.15, 0.2) is 22.3 Å². The molecule has 0 saturated heterocycles. The van der Waals surface area contributed by atoms with Crippen LogP contribution >= 0.6 is 15.9 Å². The fourth-order valence-electron chi connectivity index (χ4n) is 16.0. The highest BCUT2D eigenvalue weighted by Crippen LogP contribution is 2.52. The Hall–Kier alpha value is -13.0. The fraction of sp³-hybridized carbons (Fsp3) is 0.0638. The molecule has 0 bridgehead atoms. The van der Waals surface area contributed by atoms with Crippen molar-refractivity contribution in [1.29, 1.82) is 0 Å². The number of H-pyrrole nitrogens is 1. The van der Waals surface area contributed by atoms with Crippen molar-refractivity contribution in [2.75, 3.05) is 0 Å². The zero-order valence-corrected chi connectivity index (χ0v) is 59.2. The predicted molar refractivity (Wildman–Crippen MR) is 429 cm³/mol. The summed E-state index contributed by atoms with van der Waals surface area (Å²) in [6.07, 6.45) is 0. The number of rotatable bonds is 7. The number of hydrogen-bond acceptors (Lipinski definition) is 8. The van der Waals surface area contributed by atoms with Gasteiger partial charge in [0.1, 0.15) is 22.1 Å². The number of para-hydroxylation sites is 8. The maximum Gasteiger partial charge on any atom is 0.227 e.